The number of carbonyl (C=O) groups excluding carboxylic acids is 2. The van der Waals surface area contributed by atoms with Crippen LogP contribution in [-0.4, -0.2) is 27.8 Å². The van der Waals surface area contributed by atoms with E-state index in [-0.39, 0.29) is 28.0 Å². The van der Waals surface area contributed by atoms with Crippen molar-refractivity contribution in [2.75, 3.05) is 6.61 Å². The number of imide groups is 1. The van der Waals surface area contributed by atoms with Crippen LogP contribution in [0, 0.1) is 5.82 Å². The van der Waals surface area contributed by atoms with E-state index in [1.54, 1.807) is 19.1 Å². The number of nitrogens with zero attached hydrogens (tertiary/aromatic N) is 1. The highest BCUT2D eigenvalue weighted by atomic mass is 79.9. The largest absolute Gasteiger partial charge is 0.504 e. The first kappa shape index (κ1) is 20.7. The molecule has 0 atom stereocenters. The Labute approximate surface area is 178 Å². The minimum atomic E-state index is -0.495. The molecule has 1 fully saturated rings. The van der Waals surface area contributed by atoms with Crippen LogP contribution >= 0.6 is 39.3 Å². The van der Waals surface area contributed by atoms with Crippen LogP contribution in [0.3, 0.4) is 0 Å². The molecule has 0 saturated carbocycles. The van der Waals surface area contributed by atoms with Crippen molar-refractivity contribution in [1.29, 1.82) is 0 Å². The van der Waals surface area contributed by atoms with Gasteiger partial charge in [-0.05, 0) is 60.2 Å². The van der Waals surface area contributed by atoms with Crippen molar-refractivity contribution in [2.24, 2.45) is 0 Å². The highest BCUT2D eigenvalue weighted by Gasteiger charge is 2.35. The van der Waals surface area contributed by atoms with Crippen molar-refractivity contribution in [3.63, 3.8) is 0 Å². The fraction of sp³-hybridized carbons (Fsp3) is 0.158. The summed E-state index contributed by atoms with van der Waals surface area (Å²) in [7, 11) is 0. The second-order valence-corrected chi connectivity index (χ2v) is 8.03. The van der Waals surface area contributed by atoms with Crippen LogP contribution in [0.4, 0.5) is 9.18 Å². The van der Waals surface area contributed by atoms with E-state index in [2.05, 4.69) is 15.9 Å². The Bertz CT molecular complexity index is 998. The van der Waals surface area contributed by atoms with Crippen molar-refractivity contribution >= 4 is 56.5 Å². The Morgan fingerprint density at radius 1 is 1.32 bits per heavy atom. The van der Waals surface area contributed by atoms with Crippen LogP contribution in [0.15, 0.2) is 39.7 Å². The monoisotopic (exact) mass is 485 g/mol. The van der Waals surface area contributed by atoms with E-state index in [1.165, 1.54) is 18.2 Å². The van der Waals surface area contributed by atoms with E-state index in [0.717, 1.165) is 22.7 Å². The van der Waals surface area contributed by atoms with Crippen LogP contribution < -0.4 is 4.74 Å². The lowest BCUT2D eigenvalue weighted by Gasteiger charge is -2.13. The van der Waals surface area contributed by atoms with Gasteiger partial charge in [-0.2, -0.15) is 0 Å². The summed E-state index contributed by atoms with van der Waals surface area (Å²) in [4.78, 5) is 26.3. The Kier molecular flexibility index (Phi) is 6.32. The van der Waals surface area contributed by atoms with Crippen molar-refractivity contribution in [3.05, 3.63) is 61.7 Å². The highest BCUT2D eigenvalue weighted by molar-refractivity contribution is 9.10. The molecule has 28 heavy (non-hydrogen) atoms. The molecule has 1 saturated heterocycles. The molecule has 0 spiro atoms. The standard InChI is InChI=1S/C19H14BrClFNO4S/c1-2-27-16-5-11(13(20)8-15(16)24)6-17-18(25)23(19(26)28-17)9-10-3-4-12(22)7-14(10)21/h3-8,24H,2,9H2,1H3. The second kappa shape index (κ2) is 8.55. The zero-order chi connectivity index (χ0) is 20.4. The zero-order valence-electron chi connectivity index (χ0n) is 14.5. The van der Waals surface area contributed by atoms with Gasteiger partial charge in [-0.1, -0.05) is 33.6 Å². The Hall–Kier alpha value is -2.03. The molecular formula is C19H14BrClFNO4S. The maximum absolute atomic E-state index is 13.2. The lowest BCUT2D eigenvalue weighted by Crippen LogP contribution is -2.27. The third-order valence-electron chi connectivity index (χ3n) is 3.88. The van der Waals surface area contributed by atoms with Gasteiger partial charge in [0.15, 0.2) is 11.5 Å². The van der Waals surface area contributed by atoms with Gasteiger partial charge in [-0.15, -0.1) is 0 Å². The van der Waals surface area contributed by atoms with E-state index in [9.17, 15) is 19.1 Å². The number of phenols is 1. The van der Waals surface area contributed by atoms with Gasteiger partial charge in [-0.3, -0.25) is 14.5 Å². The third-order valence-corrected chi connectivity index (χ3v) is 5.83. The van der Waals surface area contributed by atoms with Crippen molar-refractivity contribution in [2.45, 2.75) is 13.5 Å². The van der Waals surface area contributed by atoms with E-state index in [1.807, 2.05) is 0 Å². The first-order valence-corrected chi connectivity index (χ1v) is 10.1. The maximum Gasteiger partial charge on any atom is 0.293 e. The predicted molar refractivity (Wildman–Crippen MR) is 110 cm³/mol. The molecule has 2 aromatic rings. The molecule has 9 heteroatoms. The molecule has 3 rings (SSSR count). The number of benzene rings is 2. The molecule has 1 heterocycles. The topological polar surface area (TPSA) is 66.8 Å². The second-order valence-electron chi connectivity index (χ2n) is 5.78. The third kappa shape index (κ3) is 4.34. The minimum absolute atomic E-state index is 0.0371. The van der Waals surface area contributed by atoms with E-state index in [0.29, 0.717) is 22.2 Å². The summed E-state index contributed by atoms with van der Waals surface area (Å²) < 4.78 is 19.1. The normalized spacial score (nSPS) is 15.6. The molecule has 1 aliphatic rings. The molecule has 2 amide bonds. The number of rotatable bonds is 5. The summed E-state index contributed by atoms with van der Waals surface area (Å²) in [6.07, 6.45) is 1.54. The fourth-order valence-corrected chi connectivity index (χ4v) is 4.04. The zero-order valence-corrected chi connectivity index (χ0v) is 17.7. The number of carbonyl (C=O) groups is 2. The summed E-state index contributed by atoms with van der Waals surface area (Å²) >= 11 is 10.1. The van der Waals surface area contributed by atoms with Crippen LogP contribution in [-0.2, 0) is 11.3 Å². The summed E-state index contributed by atoms with van der Waals surface area (Å²) in [5, 5.41) is 9.60. The smallest absolute Gasteiger partial charge is 0.293 e. The summed E-state index contributed by atoms with van der Waals surface area (Å²) in [6.45, 7) is 2.10. The van der Waals surface area contributed by atoms with Gasteiger partial charge in [0.05, 0.1) is 18.1 Å². The first-order chi connectivity index (χ1) is 13.3. The van der Waals surface area contributed by atoms with E-state index < -0.39 is 17.0 Å². The lowest BCUT2D eigenvalue weighted by molar-refractivity contribution is -0.123. The number of amides is 2. The molecule has 1 aliphatic heterocycles. The van der Waals surface area contributed by atoms with Crippen LogP contribution in [0.25, 0.3) is 6.08 Å². The quantitative estimate of drug-likeness (QED) is 0.559. The van der Waals surface area contributed by atoms with Gasteiger partial charge < -0.3 is 9.84 Å². The molecule has 146 valence electrons. The summed E-state index contributed by atoms with van der Waals surface area (Å²) in [5.41, 5.74) is 1.04. The summed E-state index contributed by atoms with van der Waals surface area (Å²) in [6, 6.07) is 6.83. The Balaban J connectivity index is 1.88. The molecule has 0 aliphatic carbocycles. The van der Waals surface area contributed by atoms with E-state index >= 15 is 0 Å². The van der Waals surface area contributed by atoms with Crippen LogP contribution in [0.2, 0.25) is 5.02 Å². The Morgan fingerprint density at radius 2 is 2.07 bits per heavy atom. The van der Waals surface area contributed by atoms with E-state index in [4.69, 9.17) is 16.3 Å². The molecule has 5 nitrogen and oxygen atoms in total. The predicted octanol–water partition coefficient (Wildman–Crippen LogP) is 5.58. The first-order valence-electron chi connectivity index (χ1n) is 8.14. The number of halogens is 3. The maximum atomic E-state index is 13.2. The molecular weight excluding hydrogens is 473 g/mol. The number of phenolic OH excluding ortho intramolecular Hbond substituents is 1. The van der Waals surface area contributed by atoms with Gasteiger partial charge in [0.25, 0.3) is 11.1 Å². The minimum Gasteiger partial charge on any atom is -0.504 e. The van der Waals surface area contributed by atoms with Gasteiger partial charge in [0.2, 0.25) is 0 Å². The van der Waals surface area contributed by atoms with Gasteiger partial charge in [-0.25, -0.2) is 4.39 Å². The lowest BCUT2D eigenvalue weighted by atomic mass is 10.1. The molecule has 0 bridgehead atoms. The number of hydrogen-bond acceptors (Lipinski definition) is 5. The molecule has 0 unspecified atom stereocenters. The van der Waals surface area contributed by atoms with Crippen molar-refractivity contribution < 1.29 is 23.8 Å². The molecule has 0 radical (unpaired) electrons. The van der Waals surface area contributed by atoms with Crippen LogP contribution in [0.5, 0.6) is 11.5 Å². The van der Waals surface area contributed by atoms with Crippen LogP contribution in [0.1, 0.15) is 18.1 Å². The van der Waals surface area contributed by atoms with Crippen molar-refractivity contribution in [1.82, 2.24) is 4.90 Å². The number of ether oxygens (including phenoxy) is 1. The molecule has 2 aromatic carbocycles. The SMILES string of the molecule is CCOc1cc(C=C2SC(=O)N(Cc3ccc(F)cc3Cl)C2=O)c(Br)cc1O. The molecule has 0 aromatic heterocycles. The average molecular weight is 487 g/mol. The number of thioether (sulfide) groups is 1. The number of aromatic hydroxyl groups is 1. The summed E-state index contributed by atoms with van der Waals surface area (Å²) in [5.74, 6) is -0.738. The number of hydrogen-bond donors (Lipinski definition) is 1. The van der Waals surface area contributed by atoms with Gasteiger partial charge >= 0.3 is 0 Å². The average Bonchev–Trinajstić information content (AvgIpc) is 2.88. The van der Waals surface area contributed by atoms with Gasteiger partial charge in [0, 0.05) is 9.50 Å². The van der Waals surface area contributed by atoms with Crippen molar-refractivity contribution in [3.8, 4) is 11.5 Å². The highest BCUT2D eigenvalue weighted by Crippen LogP contribution is 2.38. The molecule has 1 N–H and O–H groups in total. The van der Waals surface area contributed by atoms with Gasteiger partial charge in [0.1, 0.15) is 5.82 Å². The Morgan fingerprint density at radius 3 is 2.75 bits per heavy atom. The fourth-order valence-electron chi connectivity index (χ4n) is 2.54.